The molecule has 0 saturated heterocycles. The van der Waals surface area contributed by atoms with Crippen molar-refractivity contribution < 1.29 is 9.13 Å². The van der Waals surface area contributed by atoms with Crippen LogP contribution in [0.15, 0.2) is 78.6 Å². The number of nitrogens with one attached hydrogen (secondary N) is 1. The fraction of sp³-hybridized carbons (Fsp3) is 0.0909. The van der Waals surface area contributed by atoms with Gasteiger partial charge in [0.25, 0.3) is 0 Å². The summed E-state index contributed by atoms with van der Waals surface area (Å²) < 4.78 is 22.2. The van der Waals surface area contributed by atoms with Crippen molar-refractivity contribution in [3.63, 3.8) is 0 Å². The molecule has 1 N–H and O–H groups in total. The van der Waals surface area contributed by atoms with Gasteiger partial charge in [-0.1, -0.05) is 35.4 Å². The van der Waals surface area contributed by atoms with Gasteiger partial charge in [-0.2, -0.15) is 4.68 Å². The Balaban J connectivity index is 1.64. The summed E-state index contributed by atoms with van der Waals surface area (Å²) in [6.45, 7) is 0. The average molecular weight is 398 g/mol. The van der Waals surface area contributed by atoms with E-state index < -0.39 is 6.10 Å². The van der Waals surface area contributed by atoms with Crippen LogP contribution in [0.1, 0.15) is 28.8 Å². The van der Waals surface area contributed by atoms with Crippen LogP contribution < -0.4 is 10.1 Å². The van der Waals surface area contributed by atoms with Gasteiger partial charge in [0.1, 0.15) is 23.7 Å². The third-order valence-corrected chi connectivity index (χ3v) is 5.39. The number of tetrazole rings is 1. The van der Waals surface area contributed by atoms with Crippen LogP contribution in [0.5, 0.6) is 5.75 Å². The van der Waals surface area contributed by atoms with E-state index in [2.05, 4.69) is 25.8 Å². The van der Waals surface area contributed by atoms with Crippen LogP contribution in [0.25, 0.3) is 5.70 Å². The van der Waals surface area contributed by atoms with Gasteiger partial charge in [-0.3, -0.25) is 4.98 Å². The number of para-hydroxylation sites is 1. The van der Waals surface area contributed by atoms with E-state index in [0.29, 0.717) is 17.3 Å². The number of pyridine rings is 1. The van der Waals surface area contributed by atoms with Crippen LogP contribution in [-0.2, 0) is 0 Å². The summed E-state index contributed by atoms with van der Waals surface area (Å²) in [4.78, 5) is 4.29. The van der Waals surface area contributed by atoms with Crippen LogP contribution in [0.4, 0.5) is 10.3 Å². The summed E-state index contributed by atoms with van der Waals surface area (Å²) >= 11 is 0. The third-order valence-electron chi connectivity index (χ3n) is 5.39. The summed E-state index contributed by atoms with van der Waals surface area (Å²) in [7, 11) is 0. The summed E-state index contributed by atoms with van der Waals surface area (Å²) in [6.07, 6.45) is 2.98. The van der Waals surface area contributed by atoms with Crippen molar-refractivity contribution in [3.8, 4) is 5.75 Å². The van der Waals surface area contributed by atoms with Gasteiger partial charge in [0.2, 0.25) is 5.95 Å². The Bertz CT molecular complexity index is 1290. The first kappa shape index (κ1) is 16.8. The van der Waals surface area contributed by atoms with Crippen molar-refractivity contribution in [2.75, 3.05) is 5.32 Å². The number of aromatic nitrogens is 5. The van der Waals surface area contributed by atoms with Gasteiger partial charge in [-0.15, -0.1) is 0 Å². The fourth-order valence-corrected chi connectivity index (χ4v) is 4.14. The number of halogens is 1. The average Bonchev–Trinajstić information content (AvgIpc) is 3.26. The molecule has 0 amide bonds. The highest BCUT2D eigenvalue weighted by molar-refractivity contribution is 5.85. The van der Waals surface area contributed by atoms with Crippen molar-refractivity contribution >= 4 is 11.6 Å². The summed E-state index contributed by atoms with van der Waals surface area (Å²) in [5.41, 5.74) is 4.28. The number of benzene rings is 2. The lowest BCUT2D eigenvalue weighted by Crippen LogP contribution is -2.32. The number of nitrogens with zero attached hydrogens (tertiary/aromatic N) is 5. The van der Waals surface area contributed by atoms with Crippen molar-refractivity contribution in [1.29, 1.82) is 0 Å². The Hall–Kier alpha value is -4.07. The maximum Gasteiger partial charge on any atom is 0.248 e. The normalized spacial score (nSPS) is 19.2. The van der Waals surface area contributed by atoms with Gasteiger partial charge in [-0.05, 0) is 51.9 Å². The molecule has 4 aromatic rings. The van der Waals surface area contributed by atoms with Crippen LogP contribution >= 0.6 is 0 Å². The van der Waals surface area contributed by atoms with Crippen LogP contribution in [0.3, 0.4) is 0 Å². The van der Waals surface area contributed by atoms with Gasteiger partial charge in [0, 0.05) is 23.5 Å². The van der Waals surface area contributed by atoms with Crippen molar-refractivity contribution in [1.82, 2.24) is 25.2 Å². The zero-order valence-electron chi connectivity index (χ0n) is 15.6. The van der Waals surface area contributed by atoms with Gasteiger partial charge in [0.15, 0.2) is 0 Å². The van der Waals surface area contributed by atoms with E-state index in [1.807, 2.05) is 42.5 Å². The topological polar surface area (TPSA) is 77.8 Å². The molecule has 0 unspecified atom stereocenters. The Morgan fingerprint density at radius 3 is 2.77 bits per heavy atom. The van der Waals surface area contributed by atoms with E-state index in [-0.39, 0.29) is 11.9 Å². The molecule has 2 aromatic carbocycles. The molecule has 4 heterocycles. The number of hydrogen-bond donors (Lipinski definition) is 1. The minimum atomic E-state index is -0.527. The first-order chi connectivity index (χ1) is 14.8. The molecule has 0 bridgehead atoms. The molecule has 30 heavy (non-hydrogen) atoms. The van der Waals surface area contributed by atoms with Crippen molar-refractivity contribution in [2.45, 2.75) is 12.1 Å². The lowest BCUT2D eigenvalue weighted by Gasteiger charge is -2.38. The van der Waals surface area contributed by atoms with E-state index in [0.717, 1.165) is 22.4 Å². The molecule has 2 atom stereocenters. The van der Waals surface area contributed by atoms with Gasteiger partial charge < -0.3 is 10.1 Å². The molecule has 0 aliphatic carbocycles. The molecule has 0 spiro atoms. The predicted molar refractivity (Wildman–Crippen MR) is 107 cm³/mol. The minimum Gasteiger partial charge on any atom is -0.480 e. The van der Waals surface area contributed by atoms with Crippen molar-refractivity contribution in [2.24, 2.45) is 0 Å². The number of rotatable bonds is 2. The second-order valence-corrected chi connectivity index (χ2v) is 7.14. The Morgan fingerprint density at radius 2 is 1.90 bits per heavy atom. The van der Waals surface area contributed by atoms with Gasteiger partial charge >= 0.3 is 0 Å². The van der Waals surface area contributed by atoms with E-state index in [1.54, 1.807) is 23.1 Å². The number of anilines is 1. The zero-order valence-corrected chi connectivity index (χ0v) is 15.6. The molecule has 6 rings (SSSR count). The van der Waals surface area contributed by atoms with Crippen LogP contribution in [-0.4, -0.2) is 25.2 Å². The Labute approximate surface area is 170 Å². The molecular formula is C22H15FN6O. The number of fused-ring (bicyclic) bond motifs is 3. The molecule has 146 valence electrons. The standard InChI is InChI=1S/C22H15FN6O/c23-15-7-3-5-13(11-15)21-18-19(16-8-1-2-9-17(16)30-21)25-22-26-27-28-29(22)20(18)14-6-4-10-24-12-14/h1-12,20-21H,(H,25,26,28)/t20-,21-/m1/s1. The monoisotopic (exact) mass is 398 g/mol. The van der Waals surface area contributed by atoms with Crippen molar-refractivity contribution in [3.05, 3.63) is 101 Å². The summed E-state index contributed by atoms with van der Waals surface area (Å²) in [6, 6.07) is 17.7. The smallest absolute Gasteiger partial charge is 0.248 e. The van der Waals surface area contributed by atoms with E-state index >= 15 is 0 Å². The quantitative estimate of drug-likeness (QED) is 0.554. The van der Waals surface area contributed by atoms with E-state index in [1.165, 1.54) is 12.1 Å². The molecule has 0 radical (unpaired) electrons. The lowest BCUT2D eigenvalue weighted by atomic mass is 9.85. The Kier molecular flexibility index (Phi) is 3.64. The lowest BCUT2D eigenvalue weighted by molar-refractivity contribution is 0.222. The van der Waals surface area contributed by atoms with Crippen LogP contribution in [0.2, 0.25) is 0 Å². The molecule has 7 nitrogen and oxygen atoms in total. The second kappa shape index (κ2) is 6.48. The third kappa shape index (κ3) is 2.50. The fourth-order valence-electron chi connectivity index (χ4n) is 4.14. The Morgan fingerprint density at radius 1 is 1.00 bits per heavy atom. The summed E-state index contributed by atoms with van der Waals surface area (Å²) in [5.74, 6) is 0.920. The zero-order chi connectivity index (χ0) is 20.1. The first-order valence-electron chi connectivity index (χ1n) is 9.50. The molecule has 0 fully saturated rings. The first-order valence-corrected chi connectivity index (χ1v) is 9.50. The van der Waals surface area contributed by atoms with Crippen LogP contribution in [0, 0.1) is 5.82 Å². The second-order valence-electron chi connectivity index (χ2n) is 7.14. The molecule has 2 aliphatic heterocycles. The highest BCUT2D eigenvalue weighted by Gasteiger charge is 2.41. The maximum absolute atomic E-state index is 14.1. The molecule has 8 heteroatoms. The largest absolute Gasteiger partial charge is 0.480 e. The van der Waals surface area contributed by atoms with Gasteiger partial charge in [-0.25, -0.2) is 4.39 Å². The number of ether oxygens (including phenoxy) is 1. The molecule has 0 saturated carbocycles. The highest BCUT2D eigenvalue weighted by Crippen LogP contribution is 2.50. The van der Waals surface area contributed by atoms with E-state index in [4.69, 9.17) is 4.74 Å². The molecule has 2 aromatic heterocycles. The SMILES string of the molecule is Fc1cccc([C@H]2Oc3ccccc3C3=C2[C@@H](c2cccnc2)n2nnnc2N3)c1. The van der Waals surface area contributed by atoms with E-state index in [9.17, 15) is 4.39 Å². The highest BCUT2D eigenvalue weighted by atomic mass is 19.1. The maximum atomic E-state index is 14.1. The summed E-state index contributed by atoms with van der Waals surface area (Å²) in [5, 5.41) is 15.6. The molecule has 2 aliphatic rings. The number of hydrogen-bond acceptors (Lipinski definition) is 6. The van der Waals surface area contributed by atoms with Gasteiger partial charge in [0.05, 0.1) is 5.70 Å². The molecular weight excluding hydrogens is 383 g/mol. The predicted octanol–water partition coefficient (Wildman–Crippen LogP) is 3.77. The minimum absolute atomic E-state index is 0.318.